The van der Waals surface area contributed by atoms with Gasteiger partial charge in [0.2, 0.25) is 5.95 Å². The van der Waals surface area contributed by atoms with Crippen molar-refractivity contribution in [2.75, 3.05) is 24.4 Å². The number of nitrogens with one attached hydrogen (secondary N) is 2. The van der Waals surface area contributed by atoms with E-state index in [1.807, 2.05) is 25.1 Å². The number of nitrogens with zero attached hydrogens (tertiary/aromatic N) is 4. The minimum absolute atomic E-state index is 0.143. The molecule has 2 N–H and O–H groups in total. The summed E-state index contributed by atoms with van der Waals surface area (Å²) in [6.07, 6.45) is 0. The zero-order valence-electron chi connectivity index (χ0n) is 21.9. The van der Waals surface area contributed by atoms with E-state index in [0.717, 1.165) is 0 Å². The summed E-state index contributed by atoms with van der Waals surface area (Å²) in [5, 5.41) is 19.1. The Hall–Kier alpha value is -4.28. The van der Waals surface area contributed by atoms with E-state index < -0.39 is 6.04 Å². The molecular weight excluding hydrogens is 555 g/mol. The molecule has 0 bridgehead atoms. The van der Waals surface area contributed by atoms with Gasteiger partial charge in [0.15, 0.2) is 11.5 Å². The van der Waals surface area contributed by atoms with Gasteiger partial charge >= 0.3 is 0 Å². The number of methoxy groups -OCH3 is 1. The van der Waals surface area contributed by atoms with E-state index in [-0.39, 0.29) is 12.5 Å². The number of anilines is 2. The fraction of sp³-hybridized carbons (Fsp3) is 0.214. The van der Waals surface area contributed by atoms with E-state index in [4.69, 9.17) is 37.4 Å². The molecule has 206 valence electrons. The van der Waals surface area contributed by atoms with E-state index in [9.17, 15) is 4.79 Å². The van der Waals surface area contributed by atoms with Crippen molar-refractivity contribution in [3.05, 3.63) is 93.1 Å². The first-order valence-electron chi connectivity index (χ1n) is 12.4. The number of ether oxygens (including phenoxy) is 3. The van der Waals surface area contributed by atoms with Crippen molar-refractivity contribution in [3.8, 4) is 17.2 Å². The highest BCUT2D eigenvalue weighted by Gasteiger charge is 2.35. The van der Waals surface area contributed by atoms with Gasteiger partial charge in [-0.3, -0.25) is 4.79 Å². The normalized spacial score (nSPS) is 14.3. The van der Waals surface area contributed by atoms with Gasteiger partial charge in [-0.25, -0.2) is 0 Å². The van der Waals surface area contributed by atoms with Crippen molar-refractivity contribution in [3.63, 3.8) is 0 Å². The first-order valence-corrected chi connectivity index (χ1v) is 13.2. The van der Waals surface area contributed by atoms with Crippen LogP contribution in [0.5, 0.6) is 17.2 Å². The summed E-state index contributed by atoms with van der Waals surface area (Å²) >= 11 is 12.6. The second-order valence-corrected chi connectivity index (χ2v) is 9.61. The number of rotatable bonds is 9. The third-order valence-corrected chi connectivity index (χ3v) is 7.04. The molecule has 2 heterocycles. The molecule has 3 aromatic carbocycles. The number of carbonyl (C=O) groups excluding carboxylic acids is 1. The molecule has 0 spiro atoms. The second-order valence-electron chi connectivity index (χ2n) is 8.80. The number of amides is 1. The zero-order valence-corrected chi connectivity index (χ0v) is 23.5. The maximum Gasteiger partial charge on any atom is 0.255 e. The predicted octanol–water partition coefficient (Wildman–Crippen LogP) is 5.89. The number of allylic oxidation sites excluding steroid dienone is 1. The summed E-state index contributed by atoms with van der Waals surface area (Å²) in [4.78, 5) is 13.8. The molecule has 0 fully saturated rings. The third-order valence-electron chi connectivity index (χ3n) is 6.33. The van der Waals surface area contributed by atoms with Crippen molar-refractivity contribution in [2.45, 2.75) is 26.5 Å². The summed E-state index contributed by atoms with van der Waals surface area (Å²) in [7, 11) is 1.54. The van der Waals surface area contributed by atoms with Gasteiger partial charge in [0, 0.05) is 21.3 Å². The highest BCUT2D eigenvalue weighted by Crippen LogP contribution is 2.39. The van der Waals surface area contributed by atoms with Gasteiger partial charge < -0.3 is 24.8 Å². The highest BCUT2D eigenvalue weighted by molar-refractivity contribution is 6.35. The average molecular weight is 581 g/mol. The maximum atomic E-state index is 13.8. The number of hydrogen-bond acceptors (Lipinski definition) is 8. The molecule has 0 saturated carbocycles. The minimum Gasteiger partial charge on any atom is -0.493 e. The number of aromatic nitrogens is 4. The van der Waals surface area contributed by atoms with Crippen molar-refractivity contribution >= 4 is 40.7 Å². The number of fused-ring (bicyclic) bond motifs is 1. The van der Waals surface area contributed by atoms with Crippen molar-refractivity contribution < 1.29 is 19.0 Å². The van der Waals surface area contributed by atoms with E-state index in [0.29, 0.717) is 67.9 Å². The number of carbonyl (C=O) groups is 1. The third kappa shape index (κ3) is 5.41. The average Bonchev–Trinajstić information content (AvgIpc) is 3.41. The van der Waals surface area contributed by atoms with Gasteiger partial charge in [0.1, 0.15) is 18.4 Å². The second kappa shape index (κ2) is 11.8. The van der Waals surface area contributed by atoms with Crippen molar-refractivity contribution in [2.24, 2.45) is 0 Å². The molecular formula is C28H26Cl2N6O4. The van der Waals surface area contributed by atoms with E-state index >= 15 is 0 Å². The lowest BCUT2D eigenvalue weighted by Gasteiger charge is -2.28. The Kier molecular flexibility index (Phi) is 8.09. The van der Waals surface area contributed by atoms with Crippen LogP contribution < -0.4 is 24.8 Å². The number of para-hydroxylation sites is 2. The van der Waals surface area contributed by atoms with E-state index in [2.05, 4.69) is 26.2 Å². The number of benzene rings is 3. The summed E-state index contributed by atoms with van der Waals surface area (Å²) < 4.78 is 18.9. The Bertz CT molecular complexity index is 1570. The summed E-state index contributed by atoms with van der Waals surface area (Å²) in [5.41, 5.74) is 2.95. The fourth-order valence-electron chi connectivity index (χ4n) is 4.45. The molecule has 1 atom stereocenters. The zero-order chi connectivity index (χ0) is 28.2. The molecule has 1 aliphatic rings. The molecule has 1 amide bonds. The molecule has 4 aromatic rings. The first kappa shape index (κ1) is 27.3. The van der Waals surface area contributed by atoms with Crippen molar-refractivity contribution in [1.82, 2.24) is 20.2 Å². The topological polar surface area (TPSA) is 112 Å². The molecule has 5 rings (SSSR count). The van der Waals surface area contributed by atoms with Gasteiger partial charge in [-0.05, 0) is 66.2 Å². The van der Waals surface area contributed by atoms with Crippen LogP contribution in [0.25, 0.3) is 0 Å². The lowest BCUT2D eigenvalue weighted by Crippen LogP contribution is -2.31. The standard InChI is InChI=1S/C28H26Cl2N6O4/c1-4-39-22-11-6-5-10-21(22)32-27(37)25-16(2)31-28-33-34-35-36(28)26(25)17-12-13-23(24(14-17)38-3)40-15-18-19(29)8-7-9-20(18)30/h5-14,26H,4,15H2,1-3H3,(H,32,37)(H,31,33,35). The van der Waals surface area contributed by atoms with Crippen LogP contribution in [-0.2, 0) is 11.4 Å². The summed E-state index contributed by atoms with van der Waals surface area (Å²) in [6.45, 7) is 4.29. The number of tetrazole rings is 1. The number of hydrogen-bond donors (Lipinski definition) is 2. The molecule has 10 nitrogen and oxygen atoms in total. The monoisotopic (exact) mass is 580 g/mol. The molecule has 40 heavy (non-hydrogen) atoms. The van der Waals surface area contributed by atoms with Crippen LogP contribution in [0.2, 0.25) is 10.0 Å². The molecule has 1 aromatic heterocycles. The largest absolute Gasteiger partial charge is 0.493 e. The van der Waals surface area contributed by atoms with Gasteiger partial charge in [-0.1, -0.05) is 52.6 Å². The SMILES string of the molecule is CCOc1ccccc1NC(=O)C1=C(C)Nc2nnnn2C1c1ccc(OCc2c(Cl)cccc2Cl)c(OC)c1. The Labute approximate surface area is 240 Å². The van der Waals surface area contributed by atoms with Crippen LogP contribution in [0.15, 0.2) is 71.9 Å². The minimum atomic E-state index is -0.661. The van der Waals surface area contributed by atoms with Crippen LogP contribution in [0.1, 0.15) is 31.0 Å². The molecule has 1 aliphatic heterocycles. The van der Waals surface area contributed by atoms with Crippen LogP contribution >= 0.6 is 23.2 Å². The Balaban J connectivity index is 1.48. The van der Waals surface area contributed by atoms with E-state index in [1.165, 1.54) is 0 Å². The molecule has 0 radical (unpaired) electrons. The quantitative estimate of drug-likeness (QED) is 0.252. The van der Waals surface area contributed by atoms with Crippen LogP contribution in [-0.4, -0.2) is 39.8 Å². The fourth-order valence-corrected chi connectivity index (χ4v) is 4.96. The smallest absolute Gasteiger partial charge is 0.255 e. The van der Waals surface area contributed by atoms with Crippen molar-refractivity contribution in [1.29, 1.82) is 0 Å². The Morgan fingerprint density at radius 1 is 1.02 bits per heavy atom. The highest BCUT2D eigenvalue weighted by atomic mass is 35.5. The maximum absolute atomic E-state index is 13.8. The lowest BCUT2D eigenvalue weighted by molar-refractivity contribution is -0.113. The van der Waals surface area contributed by atoms with Gasteiger partial charge in [-0.2, -0.15) is 4.68 Å². The van der Waals surface area contributed by atoms with E-state index in [1.54, 1.807) is 61.2 Å². The molecule has 1 unspecified atom stereocenters. The summed E-state index contributed by atoms with van der Waals surface area (Å²) in [6, 6.07) is 17.3. The Morgan fingerprint density at radius 3 is 2.55 bits per heavy atom. The predicted molar refractivity (Wildman–Crippen MR) is 152 cm³/mol. The molecule has 12 heteroatoms. The van der Waals surface area contributed by atoms with Crippen LogP contribution in [0.3, 0.4) is 0 Å². The van der Waals surface area contributed by atoms with Crippen LogP contribution in [0.4, 0.5) is 11.6 Å². The summed E-state index contributed by atoms with van der Waals surface area (Å²) in [5.74, 6) is 1.57. The van der Waals surface area contributed by atoms with Gasteiger partial charge in [0.05, 0.1) is 25.0 Å². The first-order chi connectivity index (χ1) is 19.4. The number of halogens is 2. The molecule has 0 aliphatic carbocycles. The Morgan fingerprint density at radius 2 is 1.80 bits per heavy atom. The lowest BCUT2D eigenvalue weighted by atomic mass is 9.94. The van der Waals surface area contributed by atoms with Gasteiger partial charge in [-0.15, -0.1) is 0 Å². The van der Waals surface area contributed by atoms with Gasteiger partial charge in [0.25, 0.3) is 5.91 Å². The molecule has 0 saturated heterocycles. The van der Waals surface area contributed by atoms with Crippen LogP contribution in [0, 0.1) is 0 Å².